The highest BCUT2D eigenvalue weighted by Gasteiger charge is 2.70. The summed E-state index contributed by atoms with van der Waals surface area (Å²) < 4.78 is 34.7. The zero-order valence-electron chi connectivity index (χ0n) is 32.1. The van der Waals surface area contributed by atoms with Gasteiger partial charge in [-0.15, -0.1) is 0 Å². The van der Waals surface area contributed by atoms with Crippen molar-refractivity contribution in [1.29, 1.82) is 0 Å². The van der Waals surface area contributed by atoms with Crippen LogP contribution in [0.2, 0.25) is 0 Å². The monoisotopic (exact) mass is 708 g/mol. The van der Waals surface area contributed by atoms with E-state index in [1.807, 2.05) is 41.5 Å². The highest BCUT2D eigenvalue weighted by molar-refractivity contribution is 7.92. The summed E-state index contributed by atoms with van der Waals surface area (Å²) in [7, 11) is -3.58. The van der Waals surface area contributed by atoms with E-state index in [2.05, 4.69) is 21.3 Å². The summed E-state index contributed by atoms with van der Waals surface area (Å²) in [5.74, 6) is -3.50. The van der Waals surface area contributed by atoms with E-state index in [1.54, 1.807) is 20.8 Å². The van der Waals surface area contributed by atoms with Gasteiger partial charge in [-0.05, 0) is 75.5 Å². The Balaban J connectivity index is 1.57. The van der Waals surface area contributed by atoms with Crippen LogP contribution in [-0.4, -0.2) is 89.6 Å². The van der Waals surface area contributed by atoms with Crippen molar-refractivity contribution in [3.8, 4) is 0 Å². The molecule has 1 heterocycles. The quantitative estimate of drug-likeness (QED) is 0.212. The Morgan fingerprint density at radius 1 is 0.959 bits per heavy atom. The number of nitrogens with zero attached hydrogens (tertiary/aromatic N) is 1. The molecule has 0 spiro atoms. The normalized spacial score (nSPS) is 26.7. The van der Waals surface area contributed by atoms with Gasteiger partial charge in [-0.2, -0.15) is 0 Å². The largest absolute Gasteiger partial charge is 0.347 e. The van der Waals surface area contributed by atoms with Crippen molar-refractivity contribution < 1.29 is 33.8 Å². The predicted octanol–water partition coefficient (Wildman–Crippen LogP) is 3.62. The van der Waals surface area contributed by atoms with Crippen LogP contribution in [0.25, 0.3) is 0 Å². The van der Waals surface area contributed by atoms with Crippen LogP contribution in [0.4, 0.5) is 4.79 Å². The first-order chi connectivity index (χ1) is 22.9. The molecule has 5 amide bonds. The van der Waals surface area contributed by atoms with E-state index in [-0.39, 0.29) is 42.0 Å². The molecule has 1 aliphatic heterocycles. The highest BCUT2D eigenvalue weighted by Crippen LogP contribution is 2.65. The number of likely N-dealkylation sites (tertiary alicyclic amines) is 1. The third-order valence-corrected chi connectivity index (χ3v) is 14.0. The summed E-state index contributed by atoms with van der Waals surface area (Å²) in [5.41, 5.74) is -2.05. The van der Waals surface area contributed by atoms with Crippen LogP contribution in [0.1, 0.15) is 128 Å². The molecule has 13 heteroatoms. The number of ketones is 1. The Hall–Kier alpha value is -2.70. The van der Waals surface area contributed by atoms with Crippen LogP contribution in [0.5, 0.6) is 0 Å². The van der Waals surface area contributed by atoms with Crippen LogP contribution in [-0.2, 0) is 29.0 Å². The lowest BCUT2D eigenvalue weighted by Crippen LogP contribution is -2.64. The predicted molar refractivity (Wildman–Crippen MR) is 188 cm³/mol. The summed E-state index contributed by atoms with van der Waals surface area (Å²) in [6.07, 6.45) is 6.03. The Bertz CT molecular complexity index is 1460. The molecule has 49 heavy (non-hydrogen) atoms. The Morgan fingerprint density at radius 3 is 2.10 bits per heavy atom. The second-order valence-corrected chi connectivity index (χ2v) is 20.4. The molecule has 278 valence electrons. The molecular formula is C36H61N5O7S. The molecule has 0 aromatic heterocycles. The molecule has 0 radical (unpaired) electrons. The molecule has 12 nitrogen and oxygen atoms in total. The summed E-state index contributed by atoms with van der Waals surface area (Å²) in [6, 6.07) is -5.02. The van der Waals surface area contributed by atoms with E-state index in [1.165, 1.54) is 4.90 Å². The first kappa shape index (κ1) is 37.6. The highest BCUT2D eigenvalue weighted by atomic mass is 32.2. The minimum atomic E-state index is -3.58. The number of rotatable bonds is 13. The number of Topliss-reactive ketones (excluding diaryl/α,β-unsaturated/α-hetero) is 1. The number of hydrogen-bond donors (Lipinski definition) is 4. The molecule has 3 saturated carbocycles. The van der Waals surface area contributed by atoms with Gasteiger partial charge in [-0.25, -0.2) is 13.2 Å². The summed E-state index contributed by atoms with van der Waals surface area (Å²) >= 11 is 0. The van der Waals surface area contributed by atoms with Gasteiger partial charge < -0.3 is 26.2 Å². The number of urea groups is 1. The van der Waals surface area contributed by atoms with Crippen molar-refractivity contribution in [2.45, 2.75) is 161 Å². The van der Waals surface area contributed by atoms with E-state index >= 15 is 0 Å². The molecule has 4 aliphatic rings. The lowest BCUT2D eigenvalue weighted by Gasteiger charge is -2.41. The number of amides is 5. The van der Waals surface area contributed by atoms with Crippen molar-refractivity contribution >= 4 is 39.4 Å². The molecule has 4 fully saturated rings. The number of fused-ring (bicyclic) bond motifs is 1. The molecule has 0 aromatic rings. The Morgan fingerprint density at radius 2 is 1.57 bits per heavy atom. The average molecular weight is 709 g/mol. The summed E-state index contributed by atoms with van der Waals surface area (Å²) in [6.45, 7) is 16.6. The third kappa shape index (κ3) is 8.79. The molecule has 0 unspecified atom stereocenters. The third-order valence-electron chi connectivity index (χ3n) is 11.2. The first-order valence-corrected chi connectivity index (χ1v) is 19.8. The van der Waals surface area contributed by atoms with E-state index in [9.17, 15) is 32.4 Å². The second-order valence-electron chi connectivity index (χ2n) is 17.6. The van der Waals surface area contributed by atoms with Crippen LogP contribution in [0.3, 0.4) is 0 Å². The van der Waals surface area contributed by atoms with Gasteiger partial charge in [0.1, 0.15) is 12.1 Å². The van der Waals surface area contributed by atoms with Crippen molar-refractivity contribution in [2.24, 2.45) is 22.7 Å². The molecule has 0 bridgehead atoms. The maximum atomic E-state index is 14.5. The molecule has 4 rings (SSSR count). The SMILES string of the molecule is [2H][C@](CCCC)(NC(=O)[C@@H]1[C@@H]2[C@H](CN1C(=O)[C@@H](NC(=O)NC1(CS(=O)(=O)C(C)(C)C)CCCCC1)C(C)(C)C)C2(C)C)C(=O)C(=O)NC1CC1. The Labute approximate surface area is 294 Å². The topological polar surface area (TPSA) is 171 Å². The van der Waals surface area contributed by atoms with Crippen LogP contribution in [0, 0.1) is 22.7 Å². The zero-order chi connectivity index (χ0) is 37.7. The molecule has 0 aromatic carbocycles. The average Bonchev–Trinajstić information content (AvgIpc) is 3.84. The van der Waals surface area contributed by atoms with Gasteiger partial charge in [0.05, 0.1) is 23.4 Å². The number of hydrogen-bond acceptors (Lipinski definition) is 7. The van der Waals surface area contributed by atoms with Gasteiger partial charge >= 0.3 is 6.03 Å². The van der Waals surface area contributed by atoms with Crippen molar-refractivity contribution in [2.75, 3.05) is 12.3 Å². The van der Waals surface area contributed by atoms with Gasteiger partial charge in [0.25, 0.3) is 5.91 Å². The molecular weight excluding hydrogens is 646 g/mol. The number of nitrogens with one attached hydrogen (secondary N) is 4. The number of sulfone groups is 1. The van der Waals surface area contributed by atoms with Gasteiger partial charge in [0.15, 0.2) is 9.84 Å². The molecule has 5 atom stereocenters. The number of piperidine rings is 1. The lowest BCUT2D eigenvalue weighted by molar-refractivity contribution is -0.145. The van der Waals surface area contributed by atoms with E-state index in [4.69, 9.17) is 1.37 Å². The Kier molecular flexibility index (Phi) is 10.8. The summed E-state index contributed by atoms with van der Waals surface area (Å²) in [5, 5.41) is 11.1. The fraction of sp³-hybridized carbons (Fsp3) is 0.861. The van der Waals surface area contributed by atoms with Crippen molar-refractivity contribution in [3.05, 3.63) is 0 Å². The van der Waals surface area contributed by atoms with Gasteiger partial charge in [0, 0.05) is 12.6 Å². The van der Waals surface area contributed by atoms with E-state index < -0.39 is 73.2 Å². The van der Waals surface area contributed by atoms with E-state index in [0.29, 0.717) is 25.7 Å². The van der Waals surface area contributed by atoms with Gasteiger partial charge in [-0.1, -0.05) is 73.6 Å². The van der Waals surface area contributed by atoms with Crippen LogP contribution < -0.4 is 21.3 Å². The lowest BCUT2D eigenvalue weighted by atomic mass is 9.83. The minimum absolute atomic E-state index is 0.00519. The molecule has 3 aliphatic carbocycles. The zero-order valence-corrected chi connectivity index (χ0v) is 31.9. The van der Waals surface area contributed by atoms with Crippen LogP contribution in [0.15, 0.2) is 0 Å². The first-order valence-electron chi connectivity index (χ1n) is 18.7. The number of unbranched alkanes of at least 4 members (excludes halogenated alkanes) is 1. The fourth-order valence-corrected chi connectivity index (χ4v) is 9.10. The van der Waals surface area contributed by atoms with Crippen molar-refractivity contribution in [1.82, 2.24) is 26.2 Å². The van der Waals surface area contributed by atoms with Crippen molar-refractivity contribution in [3.63, 3.8) is 0 Å². The maximum Gasteiger partial charge on any atom is 0.315 e. The van der Waals surface area contributed by atoms with E-state index in [0.717, 1.165) is 32.1 Å². The smallest absolute Gasteiger partial charge is 0.315 e. The number of carbonyl (C=O) groups is 5. The minimum Gasteiger partial charge on any atom is -0.347 e. The standard InChI is InChI=1S/C36H61N5O7S/c1-10-11-15-24(27(42)30(44)37-22-16-17-22)38-29(43)26-25-23(35(25,8)9)20-41(26)31(45)28(33(2,3)4)39-32(46)40-36(18-13-12-14-19-36)21-49(47,48)34(5,6)7/h22-26,28H,10-21H2,1-9H3,(H,37,44)(H,38,43)(H2,39,40,46)/t23-,24+,25-,26-,28+/m0/s1/i24D. The van der Waals surface area contributed by atoms with Crippen LogP contribution >= 0.6 is 0 Å². The van der Waals surface area contributed by atoms with Gasteiger partial charge in [-0.3, -0.25) is 19.2 Å². The number of carbonyl (C=O) groups excluding carboxylic acids is 5. The maximum absolute atomic E-state index is 14.5. The second kappa shape index (κ2) is 14.1. The molecule has 1 saturated heterocycles. The van der Waals surface area contributed by atoms with Gasteiger partial charge in [0.2, 0.25) is 17.6 Å². The fourth-order valence-electron chi connectivity index (χ4n) is 7.57. The summed E-state index contributed by atoms with van der Waals surface area (Å²) in [4.78, 5) is 70.0. The molecule has 4 N–H and O–H groups in total.